The summed E-state index contributed by atoms with van der Waals surface area (Å²) >= 11 is 1.34. The molecule has 33 heavy (non-hydrogen) atoms. The number of likely N-dealkylation sites (N-methyl/N-ethyl adjacent to an activating group) is 1. The van der Waals surface area contributed by atoms with E-state index in [1.54, 1.807) is 19.1 Å². The van der Waals surface area contributed by atoms with Gasteiger partial charge in [-0.15, -0.1) is 0 Å². The summed E-state index contributed by atoms with van der Waals surface area (Å²) in [6.07, 6.45) is 9.19. The minimum atomic E-state index is -0.0891. The second-order valence-corrected chi connectivity index (χ2v) is 9.04. The number of carbonyl (C=O) groups is 1. The molecule has 0 unspecified atom stereocenters. The number of hydrogen-bond acceptors (Lipinski definition) is 6. The molecule has 7 heteroatoms. The highest BCUT2D eigenvalue weighted by molar-refractivity contribution is 8.18. The fraction of sp³-hybridized carbons (Fsp3) is 0.423. The Kier molecular flexibility index (Phi) is 9.36. The summed E-state index contributed by atoms with van der Waals surface area (Å²) in [7, 11) is 3.36. The van der Waals surface area contributed by atoms with Gasteiger partial charge in [0.05, 0.1) is 18.6 Å². The van der Waals surface area contributed by atoms with Crippen molar-refractivity contribution >= 4 is 34.7 Å². The largest absolute Gasteiger partial charge is 0.493 e. The van der Waals surface area contributed by atoms with Crippen LogP contribution in [0.1, 0.15) is 56.7 Å². The smallest absolute Gasteiger partial charge is 0.266 e. The van der Waals surface area contributed by atoms with E-state index in [1.807, 2.05) is 49.4 Å². The molecule has 0 aliphatic carbocycles. The van der Waals surface area contributed by atoms with Crippen LogP contribution in [0.4, 0.5) is 5.82 Å². The maximum absolute atomic E-state index is 12.7. The molecule has 0 atom stereocenters. The molecule has 1 aliphatic rings. The number of benzene rings is 1. The first-order chi connectivity index (χ1) is 16.0. The van der Waals surface area contributed by atoms with Gasteiger partial charge in [-0.05, 0) is 61.0 Å². The van der Waals surface area contributed by atoms with Crippen molar-refractivity contribution in [3.05, 3.63) is 52.6 Å². The van der Waals surface area contributed by atoms with Crippen molar-refractivity contribution in [2.45, 2.75) is 52.4 Å². The summed E-state index contributed by atoms with van der Waals surface area (Å²) < 4.78 is 11.5. The highest BCUT2D eigenvalue weighted by atomic mass is 32.2. The number of unbranched alkanes of at least 4 members (excludes halogenated alkanes) is 5. The molecule has 1 aromatic carbocycles. The zero-order valence-corrected chi connectivity index (χ0v) is 20.8. The van der Waals surface area contributed by atoms with Gasteiger partial charge in [0, 0.05) is 12.7 Å². The molecular formula is C26H33N3O3S. The van der Waals surface area contributed by atoms with Crippen LogP contribution in [0.25, 0.3) is 6.08 Å². The number of ether oxygens (including phenoxy) is 2. The van der Waals surface area contributed by atoms with Crippen LogP contribution in [0.5, 0.6) is 11.5 Å². The van der Waals surface area contributed by atoms with E-state index in [9.17, 15) is 4.79 Å². The monoisotopic (exact) mass is 467 g/mol. The number of aliphatic imine (C=N–C) groups is 1. The van der Waals surface area contributed by atoms with Crippen LogP contribution in [-0.4, -0.2) is 41.7 Å². The molecule has 1 amide bonds. The van der Waals surface area contributed by atoms with Crippen LogP contribution in [0.2, 0.25) is 0 Å². The second kappa shape index (κ2) is 12.4. The number of carbonyl (C=O) groups excluding carboxylic acids is 1. The van der Waals surface area contributed by atoms with Crippen molar-refractivity contribution in [2.75, 3.05) is 20.8 Å². The molecule has 0 radical (unpaired) electrons. The first-order valence-corrected chi connectivity index (χ1v) is 12.3. The van der Waals surface area contributed by atoms with Gasteiger partial charge in [-0.25, -0.2) is 9.98 Å². The normalized spacial score (nSPS) is 16.1. The first-order valence-electron chi connectivity index (χ1n) is 11.5. The van der Waals surface area contributed by atoms with Crippen LogP contribution in [-0.2, 0) is 4.79 Å². The SMILES string of the molecule is CCCCCCCCOc1ccc(/C=C2\S/C(=N/c3cccc(C)n3)N(C)C2=O)cc1OC. The lowest BCUT2D eigenvalue weighted by molar-refractivity contribution is -0.121. The summed E-state index contributed by atoms with van der Waals surface area (Å²) in [5.41, 5.74) is 1.76. The van der Waals surface area contributed by atoms with E-state index in [0.29, 0.717) is 28.2 Å². The highest BCUT2D eigenvalue weighted by Crippen LogP contribution is 2.35. The van der Waals surface area contributed by atoms with E-state index < -0.39 is 0 Å². The van der Waals surface area contributed by atoms with Crippen LogP contribution in [0.15, 0.2) is 46.3 Å². The van der Waals surface area contributed by atoms with Gasteiger partial charge in [-0.2, -0.15) is 0 Å². The number of thioether (sulfide) groups is 1. The van der Waals surface area contributed by atoms with Crippen LogP contribution < -0.4 is 9.47 Å². The van der Waals surface area contributed by atoms with E-state index in [0.717, 1.165) is 23.4 Å². The average Bonchev–Trinajstić information content (AvgIpc) is 3.06. The van der Waals surface area contributed by atoms with Crippen LogP contribution >= 0.6 is 11.8 Å². The Labute approximate surface area is 201 Å². The van der Waals surface area contributed by atoms with Crippen LogP contribution in [0.3, 0.4) is 0 Å². The molecule has 3 rings (SSSR count). The highest BCUT2D eigenvalue weighted by Gasteiger charge is 2.30. The van der Waals surface area contributed by atoms with Crippen molar-refractivity contribution in [3.63, 3.8) is 0 Å². The molecule has 1 aromatic heterocycles. The molecular weight excluding hydrogens is 434 g/mol. The summed E-state index contributed by atoms with van der Waals surface area (Å²) in [6.45, 7) is 4.82. The van der Waals surface area contributed by atoms with Crippen molar-refractivity contribution in [3.8, 4) is 11.5 Å². The average molecular weight is 468 g/mol. The Hall–Kier alpha value is -2.80. The number of amidine groups is 1. The summed E-state index contributed by atoms with van der Waals surface area (Å²) in [6, 6.07) is 11.4. The number of amides is 1. The third-order valence-electron chi connectivity index (χ3n) is 5.33. The quantitative estimate of drug-likeness (QED) is 0.284. The maximum Gasteiger partial charge on any atom is 0.266 e. The van der Waals surface area contributed by atoms with Crippen LogP contribution in [0, 0.1) is 6.92 Å². The van der Waals surface area contributed by atoms with Gasteiger partial charge in [-0.1, -0.05) is 51.2 Å². The van der Waals surface area contributed by atoms with Gasteiger partial charge in [0.15, 0.2) is 22.5 Å². The van der Waals surface area contributed by atoms with Crippen molar-refractivity contribution in [1.29, 1.82) is 0 Å². The van der Waals surface area contributed by atoms with E-state index in [1.165, 1.54) is 43.9 Å². The number of rotatable bonds is 11. The number of aryl methyl sites for hydroxylation is 1. The number of methoxy groups -OCH3 is 1. The lowest BCUT2D eigenvalue weighted by Gasteiger charge is -2.11. The Morgan fingerprint density at radius 3 is 2.64 bits per heavy atom. The molecule has 0 bridgehead atoms. The molecule has 0 N–H and O–H groups in total. The minimum Gasteiger partial charge on any atom is -0.493 e. The number of aromatic nitrogens is 1. The van der Waals surface area contributed by atoms with Crippen molar-refractivity contribution in [2.24, 2.45) is 4.99 Å². The molecule has 1 saturated heterocycles. The zero-order valence-electron chi connectivity index (χ0n) is 20.0. The summed E-state index contributed by atoms with van der Waals surface area (Å²) in [5.74, 6) is 1.89. The van der Waals surface area contributed by atoms with Gasteiger partial charge in [-0.3, -0.25) is 9.69 Å². The van der Waals surface area contributed by atoms with Gasteiger partial charge in [0.2, 0.25) is 0 Å². The van der Waals surface area contributed by atoms with Crippen molar-refractivity contribution < 1.29 is 14.3 Å². The lowest BCUT2D eigenvalue weighted by atomic mass is 10.1. The maximum atomic E-state index is 12.7. The number of nitrogens with zero attached hydrogens (tertiary/aromatic N) is 3. The first kappa shape index (κ1) is 24.8. The second-order valence-electron chi connectivity index (χ2n) is 8.03. The van der Waals surface area contributed by atoms with E-state index >= 15 is 0 Å². The van der Waals surface area contributed by atoms with E-state index in [2.05, 4.69) is 16.9 Å². The van der Waals surface area contributed by atoms with Gasteiger partial charge in [0.1, 0.15) is 0 Å². The fourth-order valence-electron chi connectivity index (χ4n) is 3.45. The van der Waals surface area contributed by atoms with Gasteiger partial charge in [0.25, 0.3) is 5.91 Å². The minimum absolute atomic E-state index is 0.0891. The molecule has 2 aromatic rings. The standard InChI is InChI=1S/C26H33N3O3S/c1-5-6-7-8-9-10-16-32-21-15-14-20(17-22(21)31-4)18-23-25(30)29(3)26(33-23)28-24-13-11-12-19(2)27-24/h11-15,17-18H,5-10,16H2,1-4H3/b23-18-,28-26+. The Balaban J connectivity index is 1.65. The lowest BCUT2D eigenvalue weighted by Crippen LogP contribution is -2.23. The number of pyridine rings is 1. The topological polar surface area (TPSA) is 64.0 Å². The predicted octanol–water partition coefficient (Wildman–Crippen LogP) is 6.37. The van der Waals surface area contributed by atoms with E-state index in [4.69, 9.17) is 9.47 Å². The molecule has 2 heterocycles. The molecule has 0 spiro atoms. The molecule has 1 fully saturated rings. The molecule has 0 saturated carbocycles. The Bertz CT molecular complexity index is 1020. The van der Waals surface area contributed by atoms with Crippen molar-refractivity contribution in [1.82, 2.24) is 9.88 Å². The zero-order chi connectivity index (χ0) is 23.6. The molecule has 1 aliphatic heterocycles. The summed E-state index contributed by atoms with van der Waals surface area (Å²) in [5, 5.41) is 0.607. The third kappa shape index (κ3) is 7.09. The van der Waals surface area contributed by atoms with Gasteiger partial charge >= 0.3 is 0 Å². The van der Waals surface area contributed by atoms with E-state index in [-0.39, 0.29) is 5.91 Å². The molecule has 6 nitrogen and oxygen atoms in total. The summed E-state index contributed by atoms with van der Waals surface area (Å²) in [4.78, 5) is 23.8. The number of hydrogen-bond donors (Lipinski definition) is 0. The predicted molar refractivity (Wildman–Crippen MR) is 136 cm³/mol. The molecule has 176 valence electrons. The third-order valence-corrected chi connectivity index (χ3v) is 6.39. The fourth-order valence-corrected chi connectivity index (χ4v) is 4.42. The Morgan fingerprint density at radius 1 is 1.09 bits per heavy atom. The van der Waals surface area contributed by atoms with Gasteiger partial charge < -0.3 is 9.47 Å². The Morgan fingerprint density at radius 2 is 1.88 bits per heavy atom.